The van der Waals surface area contributed by atoms with Crippen LogP contribution in [-0.4, -0.2) is 40.7 Å². The molecule has 0 aliphatic heterocycles. The molecule has 3 rings (SSSR count). The highest BCUT2D eigenvalue weighted by Crippen LogP contribution is 2.20. The summed E-state index contributed by atoms with van der Waals surface area (Å²) in [6.07, 6.45) is 0.455. The van der Waals surface area contributed by atoms with E-state index in [-0.39, 0.29) is 24.6 Å². The number of rotatable bonds is 8. The van der Waals surface area contributed by atoms with Crippen molar-refractivity contribution in [1.82, 2.24) is 9.88 Å². The molecule has 0 atom stereocenters. The van der Waals surface area contributed by atoms with Gasteiger partial charge in [-0.15, -0.1) is 11.3 Å². The molecule has 142 valence electrons. The van der Waals surface area contributed by atoms with Crippen LogP contribution in [0.4, 0.5) is 0 Å². The summed E-state index contributed by atoms with van der Waals surface area (Å²) in [5.74, 6) is 0.593. The van der Waals surface area contributed by atoms with E-state index in [4.69, 9.17) is 9.84 Å². The molecule has 1 amide bonds. The normalized spacial score (nSPS) is 10.9. The van der Waals surface area contributed by atoms with Gasteiger partial charge in [-0.25, -0.2) is 0 Å². The lowest BCUT2D eigenvalue weighted by molar-refractivity contribution is 0.0736. The number of hydrogen-bond donors (Lipinski definition) is 2. The number of carbonyl (C=O) groups excluding carboxylic acids is 1. The predicted molar refractivity (Wildman–Crippen MR) is 107 cm³/mol. The summed E-state index contributed by atoms with van der Waals surface area (Å²) in [6, 6.07) is 10.9. The van der Waals surface area contributed by atoms with E-state index in [1.807, 2.05) is 36.6 Å². The van der Waals surface area contributed by atoms with Crippen LogP contribution in [0, 0.1) is 0 Å². The number of fused-ring (bicyclic) bond motifs is 1. The molecule has 27 heavy (non-hydrogen) atoms. The highest BCUT2D eigenvalue weighted by Gasteiger charge is 2.18. The minimum Gasteiger partial charge on any atom is -0.494 e. The van der Waals surface area contributed by atoms with Gasteiger partial charge in [-0.2, -0.15) is 0 Å². The van der Waals surface area contributed by atoms with Gasteiger partial charge >= 0.3 is 0 Å². The first kappa shape index (κ1) is 19.1. The number of aliphatic hydroxyl groups excluding tert-OH is 1. The summed E-state index contributed by atoms with van der Waals surface area (Å²) in [4.78, 5) is 30.3. The SMILES string of the molecule is CCOc1ccc2[nH]c(=O)c(CN(CCCO)C(=O)c3cccs3)cc2c1. The molecule has 0 saturated carbocycles. The van der Waals surface area contributed by atoms with Crippen LogP contribution in [0.5, 0.6) is 5.75 Å². The standard InChI is InChI=1S/C20H22N2O4S/c1-2-26-16-6-7-17-14(12-16)11-15(19(24)21-17)13-22(8-4-9-23)20(25)18-5-3-10-27-18/h3,5-7,10-12,23H,2,4,8-9,13H2,1H3,(H,21,24). The molecule has 1 aromatic carbocycles. The maximum absolute atomic E-state index is 12.8. The molecule has 0 aliphatic rings. The van der Waals surface area contributed by atoms with Crippen LogP contribution in [0.2, 0.25) is 0 Å². The first-order chi connectivity index (χ1) is 13.1. The maximum Gasteiger partial charge on any atom is 0.264 e. The molecular weight excluding hydrogens is 364 g/mol. The Morgan fingerprint density at radius 2 is 2.15 bits per heavy atom. The third-order valence-electron chi connectivity index (χ3n) is 4.17. The quantitative estimate of drug-likeness (QED) is 0.623. The molecule has 0 fully saturated rings. The minimum atomic E-state index is -0.223. The van der Waals surface area contributed by atoms with Gasteiger partial charge in [0.1, 0.15) is 5.75 Å². The molecule has 0 unspecified atom stereocenters. The average Bonchev–Trinajstić information content (AvgIpc) is 3.20. The first-order valence-corrected chi connectivity index (χ1v) is 9.72. The summed E-state index contributed by atoms with van der Waals surface area (Å²) < 4.78 is 5.52. The van der Waals surface area contributed by atoms with E-state index in [0.29, 0.717) is 30.0 Å². The highest BCUT2D eigenvalue weighted by molar-refractivity contribution is 7.12. The fraction of sp³-hybridized carbons (Fsp3) is 0.300. The summed E-state index contributed by atoms with van der Waals surface area (Å²) in [7, 11) is 0. The Hall–Kier alpha value is -2.64. The summed E-state index contributed by atoms with van der Waals surface area (Å²) in [5.41, 5.74) is 0.998. The number of aliphatic hydroxyl groups is 1. The molecule has 3 aromatic rings. The van der Waals surface area contributed by atoms with Gasteiger partial charge in [0, 0.05) is 29.6 Å². The number of carbonyl (C=O) groups is 1. The molecule has 2 heterocycles. The van der Waals surface area contributed by atoms with Crippen LogP contribution in [0.3, 0.4) is 0 Å². The number of aromatic nitrogens is 1. The van der Waals surface area contributed by atoms with E-state index in [1.165, 1.54) is 11.3 Å². The van der Waals surface area contributed by atoms with Gasteiger partial charge < -0.3 is 19.7 Å². The predicted octanol–water partition coefficient (Wildman–Crippen LogP) is 3.01. The Labute approximate surface area is 161 Å². The van der Waals surface area contributed by atoms with Crippen LogP contribution in [0.1, 0.15) is 28.6 Å². The summed E-state index contributed by atoms with van der Waals surface area (Å²) in [6.45, 7) is 3.02. The Morgan fingerprint density at radius 1 is 1.30 bits per heavy atom. The van der Waals surface area contributed by atoms with Gasteiger partial charge in [-0.05, 0) is 49.1 Å². The van der Waals surface area contributed by atoms with Crippen LogP contribution in [-0.2, 0) is 6.54 Å². The van der Waals surface area contributed by atoms with Gasteiger partial charge in [0.15, 0.2) is 0 Å². The molecule has 0 radical (unpaired) electrons. The van der Waals surface area contributed by atoms with E-state index in [2.05, 4.69) is 4.98 Å². The van der Waals surface area contributed by atoms with Crippen molar-refractivity contribution < 1.29 is 14.6 Å². The monoisotopic (exact) mass is 386 g/mol. The van der Waals surface area contributed by atoms with Crippen LogP contribution >= 0.6 is 11.3 Å². The zero-order valence-corrected chi connectivity index (χ0v) is 15.9. The highest BCUT2D eigenvalue weighted by atomic mass is 32.1. The van der Waals surface area contributed by atoms with Crippen molar-refractivity contribution >= 4 is 28.1 Å². The van der Waals surface area contributed by atoms with Gasteiger partial charge in [0.25, 0.3) is 11.5 Å². The Morgan fingerprint density at radius 3 is 2.85 bits per heavy atom. The number of aromatic amines is 1. The minimum absolute atomic E-state index is 0.0139. The smallest absolute Gasteiger partial charge is 0.264 e. The van der Waals surface area contributed by atoms with Crippen LogP contribution in [0.25, 0.3) is 10.9 Å². The van der Waals surface area contributed by atoms with Crippen molar-refractivity contribution in [2.75, 3.05) is 19.8 Å². The fourth-order valence-electron chi connectivity index (χ4n) is 2.88. The molecule has 2 aromatic heterocycles. The van der Waals surface area contributed by atoms with E-state index >= 15 is 0 Å². The molecule has 0 bridgehead atoms. The number of hydrogen-bond acceptors (Lipinski definition) is 5. The van der Waals surface area contributed by atoms with Gasteiger partial charge in [0.2, 0.25) is 0 Å². The van der Waals surface area contributed by atoms with E-state index in [9.17, 15) is 9.59 Å². The molecule has 7 heteroatoms. The van der Waals surface area contributed by atoms with Crippen molar-refractivity contribution in [3.8, 4) is 5.75 Å². The lowest BCUT2D eigenvalue weighted by Gasteiger charge is -2.21. The second-order valence-corrected chi connectivity index (χ2v) is 7.03. The lowest BCUT2D eigenvalue weighted by atomic mass is 10.1. The van der Waals surface area contributed by atoms with Gasteiger partial charge in [0.05, 0.1) is 18.0 Å². The van der Waals surface area contributed by atoms with Crippen LogP contribution < -0.4 is 10.3 Å². The maximum atomic E-state index is 12.8. The van der Waals surface area contributed by atoms with E-state index < -0.39 is 0 Å². The number of ether oxygens (including phenoxy) is 1. The fourth-order valence-corrected chi connectivity index (χ4v) is 3.57. The lowest BCUT2D eigenvalue weighted by Crippen LogP contribution is -2.33. The summed E-state index contributed by atoms with van der Waals surface area (Å²) in [5, 5.41) is 11.8. The third kappa shape index (κ3) is 4.56. The zero-order valence-electron chi connectivity index (χ0n) is 15.1. The van der Waals surface area contributed by atoms with Crippen molar-refractivity contribution in [2.45, 2.75) is 19.9 Å². The number of thiophene rings is 1. The number of nitrogens with one attached hydrogen (secondary N) is 1. The number of nitrogens with zero attached hydrogens (tertiary/aromatic N) is 1. The Balaban J connectivity index is 1.92. The Kier molecular flexibility index (Phi) is 6.26. The average molecular weight is 386 g/mol. The zero-order chi connectivity index (χ0) is 19.2. The molecule has 0 aliphatic carbocycles. The third-order valence-corrected chi connectivity index (χ3v) is 5.03. The number of H-pyrrole nitrogens is 1. The largest absolute Gasteiger partial charge is 0.494 e. The number of pyridine rings is 1. The number of amides is 1. The summed E-state index contributed by atoms with van der Waals surface area (Å²) >= 11 is 1.36. The molecule has 2 N–H and O–H groups in total. The topological polar surface area (TPSA) is 82.6 Å². The molecule has 0 spiro atoms. The second kappa shape index (κ2) is 8.83. The van der Waals surface area contributed by atoms with Crippen LogP contribution in [0.15, 0.2) is 46.6 Å². The Bertz CT molecular complexity index is 966. The first-order valence-electron chi connectivity index (χ1n) is 8.84. The van der Waals surface area contributed by atoms with E-state index in [0.717, 1.165) is 16.7 Å². The van der Waals surface area contributed by atoms with Crippen molar-refractivity contribution in [3.63, 3.8) is 0 Å². The van der Waals surface area contributed by atoms with Gasteiger partial charge in [-0.1, -0.05) is 6.07 Å². The van der Waals surface area contributed by atoms with E-state index in [1.54, 1.807) is 17.0 Å². The van der Waals surface area contributed by atoms with Crippen molar-refractivity contribution in [2.24, 2.45) is 0 Å². The molecule has 6 nitrogen and oxygen atoms in total. The van der Waals surface area contributed by atoms with Crippen molar-refractivity contribution in [1.29, 1.82) is 0 Å². The second-order valence-electron chi connectivity index (χ2n) is 6.09. The number of benzene rings is 1. The molecular formula is C20H22N2O4S. The van der Waals surface area contributed by atoms with Crippen molar-refractivity contribution in [3.05, 3.63) is 62.6 Å². The van der Waals surface area contributed by atoms with Gasteiger partial charge in [-0.3, -0.25) is 9.59 Å². The molecule has 0 saturated heterocycles.